The van der Waals surface area contributed by atoms with E-state index in [1.165, 1.54) is 0 Å². The lowest BCUT2D eigenvalue weighted by Crippen LogP contribution is -2.47. The zero-order valence-corrected chi connectivity index (χ0v) is 11.6. The van der Waals surface area contributed by atoms with Gasteiger partial charge in [-0.15, -0.1) is 0 Å². The van der Waals surface area contributed by atoms with Crippen LogP contribution in [0.4, 0.5) is 0 Å². The van der Waals surface area contributed by atoms with Gasteiger partial charge in [0.05, 0.1) is 19.6 Å². The van der Waals surface area contributed by atoms with Crippen LogP contribution in [0.5, 0.6) is 0 Å². The number of unbranched alkanes of at least 4 members (excludes halogenated alkanes) is 1. The number of ether oxygens (including phenoxy) is 1. The number of β-amino-alcohol motifs (C(OH)–C–C–N with tert-alkyl or cyclic N) is 1. The van der Waals surface area contributed by atoms with Crippen LogP contribution in [0.1, 0.15) is 19.3 Å². The monoisotopic (exact) mass is 274 g/mol. The van der Waals surface area contributed by atoms with Crippen molar-refractivity contribution in [1.29, 1.82) is 0 Å². The van der Waals surface area contributed by atoms with Gasteiger partial charge < -0.3 is 19.8 Å². The van der Waals surface area contributed by atoms with E-state index in [1.807, 2.05) is 0 Å². The lowest BCUT2D eigenvalue weighted by Gasteiger charge is -2.34. The third kappa shape index (κ3) is 7.47. The molecule has 6 heteroatoms. The summed E-state index contributed by atoms with van der Waals surface area (Å²) >= 11 is 0. The predicted molar refractivity (Wildman–Crippen MR) is 71.9 cm³/mol. The Morgan fingerprint density at radius 3 is 2.16 bits per heavy atom. The molecule has 0 aromatic rings. The maximum absolute atomic E-state index is 11.5. The van der Waals surface area contributed by atoms with E-state index >= 15 is 0 Å². The Morgan fingerprint density at radius 2 is 1.58 bits per heavy atom. The van der Waals surface area contributed by atoms with Crippen molar-refractivity contribution in [2.45, 2.75) is 19.3 Å². The molecule has 1 fully saturated rings. The van der Waals surface area contributed by atoms with E-state index in [4.69, 9.17) is 14.9 Å². The molecule has 0 unspecified atom stereocenters. The third-order valence-electron chi connectivity index (χ3n) is 3.33. The Morgan fingerprint density at radius 1 is 0.947 bits per heavy atom. The molecule has 0 spiro atoms. The van der Waals surface area contributed by atoms with Crippen molar-refractivity contribution in [3.63, 3.8) is 0 Å². The summed E-state index contributed by atoms with van der Waals surface area (Å²) in [6, 6.07) is 0. The second-order valence-corrected chi connectivity index (χ2v) is 4.81. The number of carbonyl (C=O) groups is 1. The van der Waals surface area contributed by atoms with Crippen LogP contribution in [0.15, 0.2) is 0 Å². The average molecular weight is 274 g/mol. The van der Waals surface area contributed by atoms with E-state index < -0.39 is 0 Å². The minimum atomic E-state index is -0.157. The molecule has 1 rings (SSSR count). The number of nitrogens with zero attached hydrogens (tertiary/aromatic N) is 2. The summed E-state index contributed by atoms with van der Waals surface area (Å²) in [5.41, 5.74) is 0. The summed E-state index contributed by atoms with van der Waals surface area (Å²) in [5.74, 6) is -0.157. The van der Waals surface area contributed by atoms with Crippen molar-refractivity contribution < 1.29 is 19.7 Å². The second-order valence-electron chi connectivity index (χ2n) is 4.81. The van der Waals surface area contributed by atoms with Crippen LogP contribution in [0, 0.1) is 0 Å². The van der Waals surface area contributed by atoms with Crippen molar-refractivity contribution in [1.82, 2.24) is 9.80 Å². The van der Waals surface area contributed by atoms with Crippen molar-refractivity contribution in [3.05, 3.63) is 0 Å². The number of hydrogen-bond donors (Lipinski definition) is 2. The Balaban J connectivity index is 2.02. The van der Waals surface area contributed by atoms with Crippen LogP contribution >= 0.6 is 0 Å². The number of aliphatic hydroxyl groups is 2. The minimum absolute atomic E-state index is 0.148. The van der Waals surface area contributed by atoms with Gasteiger partial charge in [0, 0.05) is 45.9 Å². The third-order valence-corrected chi connectivity index (χ3v) is 3.33. The summed E-state index contributed by atoms with van der Waals surface area (Å²) in [6.07, 6.45) is 1.83. The molecule has 1 aliphatic heterocycles. The fourth-order valence-electron chi connectivity index (χ4n) is 2.10. The number of aliphatic hydroxyl groups excluding tert-OH is 2. The zero-order valence-electron chi connectivity index (χ0n) is 11.6. The summed E-state index contributed by atoms with van der Waals surface area (Å²) in [6.45, 7) is 6.03. The smallest absolute Gasteiger partial charge is 0.307 e. The van der Waals surface area contributed by atoms with E-state index in [-0.39, 0.29) is 19.2 Å². The Bertz CT molecular complexity index is 243. The SMILES string of the molecule is O=C(CCN1CCN(CCO)CC1)OCCCCO. The van der Waals surface area contributed by atoms with Gasteiger partial charge in [0.2, 0.25) is 0 Å². The summed E-state index contributed by atoms with van der Waals surface area (Å²) in [7, 11) is 0. The second kappa shape index (κ2) is 10.1. The largest absolute Gasteiger partial charge is 0.466 e. The molecule has 112 valence electrons. The van der Waals surface area contributed by atoms with Gasteiger partial charge in [-0.1, -0.05) is 0 Å². The van der Waals surface area contributed by atoms with Gasteiger partial charge >= 0.3 is 5.97 Å². The quantitative estimate of drug-likeness (QED) is 0.428. The van der Waals surface area contributed by atoms with Crippen LogP contribution in [-0.4, -0.2) is 85.1 Å². The van der Waals surface area contributed by atoms with Crippen LogP contribution in [0.3, 0.4) is 0 Å². The first-order chi connectivity index (χ1) is 9.26. The van der Waals surface area contributed by atoms with Gasteiger partial charge in [0.15, 0.2) is 0 Å². The standard InChI is InChI=1S/C13H26N2O4/c16-10-1-2-12-19-13(18)3-4-14-5-7-15(8-6-14)9-11-17/h16-17H,1-12H2. The number of carbonyl (C=O) groups excluding carboxylic acids is 1. The highest BCUT2D eigenvalue weighted by Gasteiger charge is 2.16. The van der Waals surface area contributed by atoms with E-state index in [0.717, 1.165) is 45.7 Å². The number of hydrogen-bond acceptors (Lipinski definition) is 6. The van der Waals surface area contributed by atoms with Crippen LogP contribution in [0.25, 0.3) is 0 Å². The average Bonchev–Trinajstić information content (AvgIpc) is 2.43. The van der Waals surface area contributed by atoms with Gasteiger partial charge in [-0.2, -0.15) is 0 Å². The summed E-state index contributed by atoms with van der Waals surface area (Å²) in [4.78, 5) is 15.9. The molecule has 19 heavy (non-hydrogen) atoms. The van der Waals surface area contributed by atoms with Crippen LogP contribution in [0.2, 0.25) is 0 Å². The lowest BCUT2D eigenvalue weighted by molar-refractivity contribution is -0.144. The molecule has 0 saturated carbocycles. The molecule has 2 N–H and O–H groups in total. The lowest BCUT2D eigenvalue weighted by atomic mass is 10.3. The number of piperazine rings is 1. The van der Waals surface area contributed by atoms with Gasteiger partial charge in [-0.3, -0.25) is 9.69 Å². The first kappa shape index (κ1) is 16.4. The molecule has 6 nitrogen and oxygen atoms in total. The topological polar surface area (TPSA) is 73.2 Å². The Kier molecular flexibility index (Phi) is 8.73. The molecule has 1 saturated heterocycles. The maximum atomic E-state index is 11.5. The van der Waals surface area contributed by atoms with E-state index in [0.29, 0.717) is 19.4 Å². The highest BCUT2D eigenvalue weighted by atomic mass is 16.5. The highest BCUT2D eigenvalue weighted by molar-refractivity contribution is 5.69. The van der Waals surface area contributed by atoms with E-state index in [1.54, 1.807) is 0 Å². The number of esters is 1. The molecular formula is C13H26N2O4. The normalized spacial score (nSPS) is 17.6. The molecule has 0 amide bonds. The molecule has 1 heterocycles. The fraction of sp³-hybridized carbons (Fsp3) is 0.923. The summed E-state index contributed by atoms with van der Waals surface area (Å²) < 4.78 is 5.07. The minimum Gasteiger partial charge on any atom is -0.466 e. The molecule has 0 aromatic heterocycles. The molecule has 0 bridgehead atoms. The first-order valence-corrected chi connectivity index (χ1v) is 7.08. The molecule has 0 atom stereocenters. The van der Waals surface area contributed by atoms with Gasteiger partial charge in [-0.25, -0.2) is 0 Å². The molecule has 0 aliphatic carbocycles. The van der Waals surface area contributed by atoms with E-state index in [2.05, 4.69) is 9.80 Å². The maximum Gasteiger partial charge on any atom is 0.307 e. The number of rotatable bonds is 9. The van der Waals surface area contributed by atoms with Crippen molar-refractivity contribution in [3.8, 4) is 0 Å². The van der Waals surface area contributed by atoms with Gasteiger partial charge in [-0.05, 0) is 12.8 Å². The molecule has 1 aliphatic rings. The van der Waals surface area contributed by atoms with Crippen LogP contribution < -0.4 is 0 Å². The van der Waals surface area contributed by atoms with Gasteiger partial charge in [0.25, 0.3) is 0 Å². The Hall–Kier alpha value is -0.690. The van der Waals surface area contributed by atoms with Crippen molar-refractivity contribution >= 4 is 5.97 Å². The predicted octanol–water partition coefficient (Wildman–Crippen LogP) is -0.698. The van der Waals surface area contributed by atoms with Gasteiger partial charge in [0.1, 0.15) is 0 Å². The van der Waals surface area contributed by atoms with Crippen molar-refractivity contribution in [2.75, 3.05) is 59.1 Å². The molecule has 0 aromatic carbocycles. The fourth-order valence-corrected chi connectivity index (χ4v) is 2.10. The first-order valence-electron chi connectivity index (χ1n) is 7.08. The van der Waals surface area contributed by atoms with Crippen LogP contribution in [-0.2, 0) is 9.53 Å². The molecular weight excluding hydrogens is 248 g/mol. The zero-order chi connectivity index (χ0) is 13.9. The Labute approximate surface area is 114 Å². The summed E-state index contributed by atoms with van der Waals surface area (Å²) in [5, 5.41) is 17.4. The van der Waals surface area contributed by atoms with Crippen molar-refractivity contribution in [2.24, 2.45) is 0 Å². The highest BCUT2D eigenvalue weighted by Crippen LogP contribution is 2.02. The van der Waals surface area contributed by atoms with E-state index in [9.17, 15) is 4.79 Å². The molecule has 0 radical (unpaired) electrons.